The van der Waals surface area contributed by atoms with E-state index in [2.05, 4.69) is 220 Å². The summed E-state index contributed by atoms with van der Waals surface area (Å²) in [5.41, 5.74) is 17.0. The Kier molecular flexibility index (Phi) is 17.6. The highest BCUT2D eigenvalue weighted by Crippen LogP contribution is 2.42. The van der Waals surface area contributed by atoms with Gasteiger partial charge >= 0.3 is 0 Å². The van der Waals surface area contributed by atoms with Gasteiger partial charge in [-0.2, -0.15) is 0 Å². The second-order valence-electron chi connectivity index (χ2n) is 13.8. The van der Waals surface area contributed by atoms with E-state index in [9.17, 15) is 0 Å². The van der Waals surface area contributed by atoms with Gasteiger partial charge < -0.3 is 5.73 Å². The van der Waals surface area contributed by atoms with E-state index in [1.54, 1.807) is 18.2 Å². The van der Waals surface area contributed by atoms with Crippen molar-refractivity contribution in [2.75, 3.05) is 7.05 Å². The first-order valence-corrected chi connectivity index (χ1v) is 21.7. The Morgan fingerprint density at radius 2 is 1.00 bits per heavy atom. The summed E-state index contributed by atoms with van der Waals surface area (Å²) < 4.78 is 2.67. The maximum absolute atomic E-state index is 4.50. The lowest BCUT2D eigenvalue weighted by Gasteiger charge is -2.12. The lowest BCUT2D eigenvalue weighted by Crippen LogP contribution is -1.91. The summed E-state index contributed by atoms with van der Waals surface area (Å²) in [5, 5.41) is 5.26. The van der Waals surface area contributed by atoms with Crippen LogP contribution in [0.2, 0.25) is 0 Å². The second kappa shape index (κ2) is 23.7. The molecule has 1 heterocycles. The topological polar surface area (TPSA) is 26.0 Å². The molecule has 304 valence electrons. The minimum Gasteiger partial charge on any atom is -0.333 e. The Bertz CT molecular complexity index is 2800. The molecule has 0 atom stereocenters. The zero-order chi connectivity index (χ0) is 43.4. The molecule has 1 aromatic heterocycles. The van der Waals surface area contributed by atoms with E-state index in [1.807, 2.05) is 32.1 Å². The third kappa shape index (κ3) is 11.5. The normalized spacial score (nSPS) is 10.4. The van der Waals surface area contributed by atoms with Gasteiger partial charge in [-0.25, -0.2) is 0 Å². The summed E-state index contributed by atoms with van der Waals surface area (Å²) in [6.45, 7) is 16.0. The Labute approximate surface area is 368 Å². The molecule has 0 unspecified atom stereocenters. The fraction of sp³-hybridized carbons (Fsp3) is 0.0847. The van der Waals surface area contributed by atoms with E-state index < -0.39 is 0 Å². The van der Waals surface area contributed by atoms with E-state index in [0.29, 0.717) is 0 Å². The summed E-state index contributed by atoms with van der Waals surface area (Å²) in [4.78, 5) is 0. The first kappa shape index (κ1) is 45.2. The zero-order valence-electron chi connectivity index (χ0n) is 36.0. The molecule has 0 radical (unpaired) electrons. The van der Waals surface area contributed by atoms with Crippen molar-refractivity contribution in [1.82, 2.24) is 0 Å². The van der Waals surface area contributed by atoms with Crippen LogP contribution in [0.25, 0.3) is 69.9 Å². The smallest absolute Gasteiger partial charge is 0.0362 e. The Morgan fingerprint density at radius 1 is 0.492 bits per heavy atom. The number of fused-ring (bicyclic) bond motifs is 4. The van der Waals surface area contributed by atoms with Crippen LogP contribution in [0.5, 0.6) is 0 Å². The van der Waals surface area contributed by atoms with Crippen LogP contribution in [0.15, 0.2) is 232 Å². The first-order valence-electron chi connectivity index (χ1n) is 20.9. The van der Waals surface area contributed by atoms with Crippen LogP contribution < -0.4 is 5.73 Å². The molecule has 0 fully saturated rings. The quantitative estimate of drug-likeness (QED) is 0.120. The number of hydrogen-bond donors (Lipinski definition) is 1. The molecule has 0 aliphatic carbocycles. The highest BCUT2D eigenvalue weighted by Gasteiger charge is 2.13. The van der Waals surface area contributed by atoms with Crippen LogP contribution in [-0.2, 0) is 6.42 Å². The Hall–Kier alpha value is -6.84. The van der Waals surface area contributed by atoms with E-state index >= 15 is 0 Å². The molecule has 0 bridgehead atoms. The Morgan fingerprint density at radius 3 is 1.66 bits per heavy atom. The predicted octanol–water partition coefficient (Wildman–Crippen LogP) is 17.0. The highest BCUT2D eigenvalue weighted by molar-refractivity contribution is 7.26. The van der Waals surface area contributed by atoms with Gasteiger partial charge in [0, 0.05) is 20.2 Å². The van der Waals surface area contributed by atoms with Gasteiger partial charge in [0.25, 0.3) is 0 Å². The average Bonchev–Trinajstić information content (AvgIpc) is 3.71. The van der Waals surface area contributed by atoms with Gasteiger partial charge in [-0.3, -0.25) is 0 Å². The van der Waals surface area contributed by atoms with Crippen LogP contribution in [-0.4, -0.2) is 7.05 Å². The number of benzene rings is 8. The van der Waals surface area contributed by atoms with Gasteiger partial charge in [0.1, 0.15) is 0 Å². The summed E-state index contributed by atoms with van der Waals surface area (Å²) >= 11 is 1.89. The minimum absolute atomic E-state index is 0.840. The minimum atomic E-state index is 0.840. The molecule has 2 heteroatoms. The average molecular weight is 812 g/mol. The molecule has 0 spiro atoms. The number of nitrogens with two attached hydrogens (primary N) is 1. The molecule has 9 aromatic rings. The third-order valence-electron chi connectivity index (χ3n) is 9.89. The van der Waals surface area contributed by atoms with Crippen molar-refractivity contribution in [3.8, 4) is 33.4 Å². The summed E-state index contributed by atoms with van der Waals surface area (Å²) in [6, 6.07) is 68.5. The summed E-state index contributed by atoms with van der Waals surface area (Å²) in [7, 11) is 1.50. The molecule has 8 aromatic carbocycles. The van der Waals surface area contributed by atoms with Gasteiger partial charge in [-0.05, 0) is 111 Å². The van der Waals surface area contributed by atoms with Gasteiger partial charge in [0.2, 0.25) is 0 Å². The number of hydrogen-bond acceptors (Lipinski definition) is 2. The molecule has 9 rings (SSSR count). The predicted molar refractivity (Wildman–Crippen MR) is 275 cm³/mol. The Balaban J connectivity index is 0.000000584. The lowest BCUT2D eigenvalue weighted by molar-refractivity contribution is 1.27. The van der Waals surface area contributed by atoms with Crippen molar-refractivity contribution in [2.24, 2.45) is 5.73 Å². The molecule has 0 amide bonds. The van der Waals surface area contributed by atoms with Gasteiger partial charge in [0.15, 0.2) is 0 Å². The van der Waals surface area contributed by atoms with Gasteiger partial charge in [-0.15, -0.1) is 17.9 Å². The molecule has 1 nitrogen and oxygen atoms in total. The van der Waals surface area contributed by atoms with Crippen molar-refractivity contribution in [3.05, 3.63) is 249 Å². The fourth-order valence-electron chi connectivity index (χ4n) is 7.21. The van der Waals surface area contributed by atoms with E-state index in [-0.39, 0.29) is 0 Å². The molecule has 0 saturated carbocycles. The van der Waals surface area contributed by atoms with Gasteiger partial charge in [-0.1, -0.05) is 215 Å². The first-order chi connectivity index (χ1) is 30.1. The highest BCUT2D eigenvalue weighted by atomic mass is 32.1. The van der Waals surface area contributed by atoms with Crippen LogP contribution >= 0.6 is 11.3 Å². The number of rotatable bonds is 8. The van der Waals surface area contributed by atoms with Crippen LogP contribution in [0.3, 0.4) is 0 Å². The van der Waals surface area contributed by atoms with Crippen molar-refractivity contribution < 1.29 is 0 Å². The number of thiophene rings is 1. The van der Waals surface area contributed by atoms with Crippen molar-refractivity contribution in [1.29, 1.82) is 0 Å². The molecule has 61 heavy (non-hydrogen) atoms. The van der Waals surface area contributed by atoms with Crippen molar-refractivity contribution >= 4 is 47.9 Å². The molecule has 0 aliphatic rings. The molecular weight excluding hydrogens is 755 g/mol. The molecular formula is C59H57NS. The summed E-state index contributed by atoms with van der Waals surface area (Å²) in [5.74, 6) is 0. The maximum Gasteiger partial charge on any atom is 0.0362 e. The van der Waals surface area contributed by atoms with E-state index in [0.717, 1.165) is 6.42 Å². The zero-order valence-corrected chi connectivity index (χ0v) is 36.8. The monoisotopic (exact) mass is 811 g/mol. The van der Waals surface area contributed by atoms with Crippen LogP contribution in [0.1, 0.15) is 37.5 Å². The summed E-state index contributed by atoms with van der Waals surface area (Å²) in [6.07, 6.45) is 8.25. The largest absolute Gasteiger partial charge is 0.333 e. The van der Waals surface area contributed by atoms with Crippen molar-refractivity contribution in [3.63, 3.8) is 0 Å². The third-order valence-corrected chi connectivity index (χ3v) is 11.0. The fourth-order valence-corrected chi connectivity index (χ4v) is 8.37. The molecule has 0 saturated heterocycles. The van der Waals surface area contributed by atoms with Crippen molar-refractivity contribution in [2.45, 2.75) is 27.2 Å². The van der Waals surface area contributed by atoms with E-state index in [1.165, 1.54) is 93.6 Å². The van der Waals surface area contributed by atoms with Crippen LogP contribution in [0, 0.1) is 0 Å². The molecule has 0 aliphatic heterocycles. The second-order valence-corrected chi connectivity index (χ2v) is 14.9. The molecule has 2 N–H and O–H groups in total. The van der Waals surface area contributed by atoms with Gasteiger partial charge in [0.05, 0.1) is 0 Å². The number of allylic oxidation sites excluding steroid dienone is 4. The standard InChI is InChI=1S/C49H34S.C4H6.C3H6.C2H6.CH5N/c1-3-13-35(14-4-1)36-25-27-38(28-26-36)44(37-15-5-2-6-16-37)29-24-34-12-9-19-39(30-34)40-20-10-21-43(31-40)45-22-11-23-47-49(45)46-32-41-17-7-8-18-42(41)33-48(46)50-47;1-3-4-2;1-3-2;2*1-2/h1-23,25-33H,24H2;3-4H,1-2H2;3H,1H2,2H3;1-2H3;2H2,1H3/b44-29+;;;;. The SMILES string of the molecule is C(/Cc1cccc(-c2cccc(-c3cccc4sc5cc6ccccc6cc5c34)c2)c1)=C(/c1ccccc1)c1ccc(-c2ccccc2)cc1.C=CC.C=CC=C.CC.CN. The van der Waals surface area contributed by atoms with E-state index in [4.69, 9.17) is 0 Å². The maximum atomic E-state index is 4.50. The lowest BCUT2D eigenvalue weighted by atomic mass is 9.93. The van der Waals surface area contributed by atoms with Crippen LogP contribution in [0.4, 0.5) is 0 Å².